The van der Waals surface area contributed by atoms with Crippen LogP contribution in [0.3, 0.4) is 0 Å². The highest BCUT2D eigenvalue weighted by atomic mass is 35.5. The zero-order valence-electron chi connectivity index (χ0n) is 16.1. The number of carbonyl (C=O) groups excluding carboxylic acids is 1. The van der Waals surface area contributed by atoms with Crippen molar-refractivity contribution < 1.29 is 13.9 Å². The van der Waals surface area contributed by atoms with E-state index in [0.717, 1.165) is 23.3 Å². The average molecular weight is 417 g/mol. The number of methoxy groups -OCH3 is 1. The molecule has 0 bridgehead atoms. The third-order valence-corrected chi connectivity index (χ3v) is 5.75. The number of pyridine rings is 1. The van der Waals surface area contributed by atoms with Crippen LogP contribution >= 0.6 is 11.6 Å². The summed E-state index contributed by atoms with van der Waals surface area (Å²) in [5, 5.41) is 0.281. The summed E-state index contributed by atoms with van der Waals surface area (Å²) >= 11 is 6.08. The first-order valence-corrected chi connectivity index (χ1v) is 9.96. The minimum atomic E-state index is -0.449. The number of hydrogen-bond acceptors (Lipinski definition) is 4. The Morgan fingerprint density at radius 1 is 1.38 bits per heavy atom. The van der Waals surface area contributed by atoms with Crippen LogP contribution in [0, 0.1) is 5.82 Å². The third kappa shape index (κ3) is 3.97. The molecule has 0 radical (unpaired) electrons. The summed E-state index contributed by atoms with van der Waals surface area (Å²) in [7, 11) is 1.67. The van der Waals surface area contributed by atoms with E-state index in [9.17, 15) is 9.18 Å². The number of amides is 1. The Morgan fingerprint density at radius 2 is 2.24 bits per heavy atom. The maximum Gasteiger partial charge on any atom is 0.227 e. The molecule has 1 aliphatic rings. The first-order valence-electron chi connectivity index (χ1n) is 9.58. The number of aromatic nitrogens is 3. The molecule has 0 saturated carbocycles. The standard InChI is InChI=1S/C21H22ClFN4O2/c1-29-10-9-27-19-12-24-7-5-18(19)25-21(27)14-6-8-26(13-14)20(28)11-15-16(22)3-2-4-17(15)23/h2-5,7,12,14H,6,8-11,13H2,1H3/t14-/m1/s1. The van der Waals surface area contributed by atoms with Gasteiger partial charge < -0.3 is 14.2 Å². The molecule has 29 heavy (non-hydrogen) atoms. The van der Waals surface area contributed by atoms with Crippen LogP contribution < -0.4 is 0 Å². The van der Waals surface area contributed by atoms with E-state index in [4.69, 9.17) is 21.3 Å². The van der Waals surface area contributed by atoms with Crippen molar-refractivity contribution in [3.8, 4) is 0 Å². The summed E-state index contributed by atoms with van der Waals surface area (Å²) in [5.41, 5.74) is 2.09. The number of hydrogen-bond donors (Lipinski definition) is 0. The number of halogens is 2. The monoisotopic (exact) mass is 416 g/mol. The lowest BCUT2D eigenvalue weighted by Gasteiger charge is -2.18. The lowest BCUT2D eigenvalue weighted by Crippen LogP contribution is -2.30. The number of benzene rings is 1. The van der Waals surface area contributed by atoms with E-state index < -0.39 is 5.82 Å². The van der Waals surface area contributed by atoms with Gasteiger partial charge in [-0.25, -0.2) is 9.37 Å². The molecule has 0 spiro atoms. The highest BCUT2D eigenvalue weighted by molar-refractivity contribution is 6.31. The molecule has 2 aromatic heterocycles. The molecule has 152 valence electrons. The minimum absolute atomic E-state index is 0.0394. The molecule has 4 rings (SSSR count). The predicted octanol–water partition coefficient (Wildman–Crippen LogP) is 3.43. The van der Waals surface area contributed by atoms with Crippen LogP contribution in [0.4, 0.5) is 4.39 Å². The molecule has 3 aromatic rings. The Kier molecular flexibility index (Phi) is 5.78. The zero-order chi connectivity index (χ0) is 20.4. The molecule has 6 nitrogen and oxygen atoms in total. The van der Waals surface area contributed by atoms with E-state index in [-0.39, 0.29) is 28.8 Å². The van der Waals surface area contributed by atoms with Gasteiger partial charge in [0.05, 0.1) is 30.3 Å². The van der Waals surface area contributed by atoms with Crippen molar-refractivity contribution in [1.29, 1.82) is 0 Å². The van der Waals surface area contributed by atoms with Crippen LogP contribution in [0.5, 0.6) is 0 Å². The largest absolute Gasteiger partial charge is 0.383 e. The number of nitrogens with zero attached hydrogens (tertiary/aromatic N) is 4. The fraction of sp³-hybridized carbons (Fsp3) is 0.381. The second kappa shape index (κ2) is 8.47. The van der Waals surface area contributed by atoms with Crippen molar-refractivity contribution in [2.75, 3.05) is 26.8 Å². The van der Waals surface area contributed by atoms with Crippen molar-refractivity contribution >= 4 is 28.5 Å². The van der Waals surface area contributed by atoms with Crippen molar-refractivity contribution in [2.24, 2.45) is 0 Å². The van der Waals surface area contributed by atoms with Crippen LogP contribution in [0.2, 0.25) is 5.02 Å². The summed E-state index contributed by atoms with van der Waals surface area (Å²) in [5.74, 6) is 0.472. The number of carbonyl (C=O) groups is 1. The summed E-state index contributed by atoms with van der Waals surface area (Å²) in [4.78, 5) is 23.6. The molecule has 1 aliphatic heterocycles. The maximum absolute atomic E-state index is 14.0. The van der Waals surface area contributed by atoms with Gasteiger partial charge in [-0.05, 0) is 24.6 Å². The molecule has 0 aliphatic carbocycles. The number of ether oxygens (including phenoxy) is 1. The number of rotatable bonds is 6. The smallest absolute Gasteiger partial charge is 0.227 e. The van der Waals surface area contributed by atoms with Gasteiger partial charge in [0.2, 0.25) is 5.91 Å². The molecule has 0 N–H and O–H groups in total. The molecular weight excluding hydrogens is 395 g/mol. The minimum Gasteiger partial charge on any atom is -0.383 e. The molecule has 1 amide bonds. The Labute approximate surface area is 173 Å². The summed E-state index contributed by atoms with van der Waals surface area (Å²) < 4.78 is 21.4. The highest BCUT2D eigenvalue weighted by Gasteiger charge is 2.31. The number of fused-ring (bicyclic) bond motifs is 1. The van der Waals surface area contributed by atoms with Gasteiger partial charge in [0.25, 0.3) is 0 Å². The Bertz CT molecular complexity index is 1020. The van der Waals surface area contributed by atoms with Crippen LogP contribution in [-0.2, 0) is 22.5 Å². The van der Waals surface area contributed by atoms with E-state index in [1.807, 2.05) is 6.07 Å². The summed E-state index contributed by atoms with van der Waals surface area (Å²) in [6, 6.07) is 6.36. The van der Waals surface area contributed by atoms with E-state index in [1.54, 1.807) is 30.5 Å². The topological polar surface area (TPSA) is 60.2 Å². The van der Waals surface area contributed by atoms with Gasteiger partial charge in [-0.2, -0.15) is 0 Å². The summed E-state index contributed by atoms with van der Waals surface area (Å²) in [6.45, 7) is 2.40. The summed E-state index contributed by atoms with van der Waals surface area (Å²) in [6.07, 6.45) is 4.30. The Hall–Kier alpha value is -2.51. The molecule has 1 fully saturated rings. The van der Waals surface area contributed by atoms with Gasteiger partial charge in [0.15, 0.2) is 0 Å². The van der Waals surface area contributed by atoms with Gasteiger partial charge in [0.1, 0.15) is 11.6 Å². The third-order valence-electron chi connectivity index (χ3n) is 5.39. The quantitative estimate of drug-likeness (QED) is 0.617. The second-order valence-corrected chi connectivity index (χ2v) is 7.59. The van der Waals surface area contributed by atoms with E-state index in [1.165, 1.54) is 12.1 Å². The first-order chi connectivity index (χ1) is 14.1. The Morgan fingerprint density at radius 3 is 3.03 bits per heavy atom. The van der Waals surface area contributed by atoms with Crippen molar-refractivity contribution in [3.05, 3.63) is 58.9 Å². The fourth-order valence-corrected chi connectivity index (χ4v) is 4.11. The molecular formula is C21H22ClFN4O2. The molecule has 3 heterocycles. The van der Waals surface area contributed by atoms with Gasteiger partial charge in [0, 0.05) is 49.4 Å². The molecule has 8 heteroatoms. The molecule has 1 atom stereocenters. The maximum atomic E-state index is 14.0. The first kappa shape index (κ1) is 19.8. The van der Waals surface area contributed by atoms with Gasteiger partial charge >= 0.3 is 0 Å². The van der Waals surface area contributed by atoms with Crippen LogP contribution in [-0.4, -0.2) is 52.1 Å². The molecule has 1 saturated heterocycles. The van der Waals surface area contributed by atoms with E-state index in [2.05, 4.69) is 9.55 Å². The highest BCUT2D eigenvalue weighted by Crippen LogP contribution is 2.30. The lowest BCUT2D eigenvalue weighted by atomic mass is 10.1. The van der Waals surface area contributed by atoms with Gasteiger partial charge in [-0.15, -0.1) is 0 Å². The SMILES string of the molecule is COCCn1c([C@@H]2CCN(C(=O)Cc3c(F)cccc3Cl)C2)nc2ccncc21. The fourth-order valence-electron chi connectivity index (χ4n) is 3.88. The van der Waals surface area contributed by atoms with Gasteiger partial charge in [-0.3, -0.25) is 9.78 Å². The predicted molar refractivity (Wildman–Crippen MR) is 108 cm³/mol. The van der Waals surface area contributed by atoms with Crippen LogP contribution in [0.15, 0.2) is 36.7 Å². The van der Waals surface area contributed by atoms with E-state index in [0.29, 0.717) is 26.2 Å². The second-order valence-electron chi connectivity index (χ2n) is 7.18. The van der Waals surface area contributed by atoms with Crippen molar-refractivity contribution in [1.82, 2.24) is 19.4 Å². The molecule has 0 unspecified atom stereocenters. The molecule has 1 aromatic carbocycles. The van der Waals surface area contributed by atoms with Crippen LogP contribution in [0.25, 0.3) is 11.0 Å². The van der Waals surface area contributed by atoms with Gasteiger partial charge in [-0.1, -0.05) is 17.7 Å². The van der Waals surface area contributed by atoms with Crippen molar-refractivity contribution in [3.63, 3.8) is 0 Å². The average Bonchev–Trinajstić information content (AvgIpc) is 3.34. The zero-order valence-corrected chi connectivity index (χ0v) is 16.9. The van der Waals surface area contributed by atoms with Crippen LogP contribution in [0.1, 0.15) is 23.7 Å². The normalized spacial score (nSPS) is 16.7. The number of likely N-dealkylation sites (tertiary alicyclic amines) is 1. The Balaban J connectivity index is 1.53. The van der Waals surface area contributed by atoms with E-state index >= 15 is 0 Å². The lowest BCUT2D eigenvalue weighted by molar-refractivity contribution is -0.129. The van der Waals surface area contributed by atoms with Crippen molar-refractivity contribution in [2.45, 2.75) is 25.3 Å². The number of imidazole rings is 1.